The van der Waals surface area contributed by atoms with Gasteiger partial charge in [-0.2, -0.15) is 0 Å². The summed E-state index contributed by atoms with van der Waals surface area (Å²) in [4.78, 5) is 66.1. The molecule has 66 heavy (non-hydrogen) atoms. The van der Waals surface area contributed by atoms with Crippen molar-refractivity contribution >= 4 is 40.5 Å². The maximum atomic E-state index is 14.1. The van der Waals surface area contributed by atoms with E-state index >= 15 is 0 Å². The number of rotatable bonds is 12. The summed E-state index contributed by atoms with van der Waals surface area (Å²) in [5, 5.41) is 40.6. The van der Waals surface area contributed by atoms with E-state index in [9.17, 15) is 34.5 Å². The lowest BCUT2D eigenvalue weighted by molar-refractivity contribution is -0.173. The fourth-order valence-corrected chi connectivity index (χ4v) is 9.47. The van der Waals surface area contributed by atoms with Gasteiger partial charge < -0.3 is 44.9 Å². The molecule has 8 rings (SSSR count). The number of nitrogens with two attached hydrogens (primary N) is 1. The average molecular weight is 901 g/mol. The lowest BCUT2D eigenvalue weighted by atomic mass is 9.85. The Morgan fingerprint density at radius 3 is 2.33 bits per heavy atom. The summed E-state index contributed by atoms with van der Waals surface area (Å²) < 4.78 is 13.3. The molecule has 17 heteroatoms. The van der Waals surface area contributed by atoms with Crippen molar-refractivity contribution in [3.05, 3.63) is 110 Å². The minimum Gasteiger partial charge on any atom is -0.508 e. The summed E-state index contributed by atoms with van der Waals surface area (Å²) in [6.45, 7) is 12.5. The highest BCUT2D eigenvalue weighted by atomic mass is 16.6. The van der Waals surface area contributed by atoms with Crippen LogP contribution >= 0.6 is 0 Å². The Balaban J connectivity index is 0.867. The lowest BCUT2D eigenvalue weighted by Gasteiger charge is -2.37. The molecule has 0 bridgehead atoms. The van der Waals surface area contributed by atoms with Crippen LogP contribution in [0.3, 0.4) is 0 Å². The van der Waals surface area contributed by atoms with Crippen LogP contribution in [0.1, 0.15) is 85.4 Å². The molecule has 17 nitrogen and oxygen atoms in total. The third-order valence-corrected chi connectivity index (χ3v) is 13.2. The number of pyridine rings is 2. The number of anilines is 1. The second-order valence-electron chi connectivity index (χ2n) is 17.6. The zero-order valence-electron chi connectivity index (χ0n) is 37.9. The minimum atomic E-state index is -1.83. The van der Waals surface area contributed by atoms with Gasteiger partial charge in [0.05, 0.1) is 40.3 Å². The van der Waals surface area contributed by atoms with E-state index in [4.69, 9.17) is 25.6 Å². The topological polar surface area (TPSA) is 228 Å². The van der Waals surface area contributed by atoms with Crippen LogP contribution in [-0.2, 0) is 46.0 Å². The summed E-state index contributed by atoms with van der Waals surface area (Å²) in [7, 11) is 1.63. The molecule has 3 aliphatic heterocycles. The van der Waals surface area contributed by atoms with Crippen molar-refractivity contribution in [2.24, 2.45) is 5.73 Å². The summed E-state index contributed by atoms with van der Waals surface area (Å²) in [5.74, 6) is -1.43. The first-order valence-corrected chi connectivity index (χ1v) is 22.4. The SMILES string of the molecule is CCc1c2c(nc3ccc(O)cc13)-c1cc3c(c(=O)n1C2)COC(=O)[C@@]3(CC)OC(=O)N(C)CCCN1CCN(Cc2ccc(N(C(=N)c3cc(C(C)C)c(O)cc3O)C(N)=O)cc2)CC1. The smallest absolute Gasteiger partial charge is 0.410 e. The molecule has 6 N–H and O–H groups in total. The number of phenols is 3. The van der Waals surface area contributed by atoms with Gasteiger partial charge in [0.15, 0.2) is 0 Å². The first-order chi connectivity index (χ1) is 31.5. The van der Waals surface area contributed by atoms with Crippen LogP contribution in [-0.4, -0.2) is 110 Å². The largest absolute Gasteiger partial charge is 0.508 e. The molecule has 0 aliphatic carbocycles. The van der Waals surface area contributed by atoms with Gasteiger partial charge in [-0.25, -0.2) is 24.3 Å². The molecule has 346 valence electrons. The summed E-state index contributed by atoms with van der Waals surface area (Å²) in [5.41, 5.74) is 9.78. The van der Waals surface area contributed by atoms with Crippen molar-refractivity contribution in [3.63, 3.8) is 0 Å². The normalized spacial score (nSPS) is 17.0. The Morgan fingerprint density at radius 1 is 0.955 bits per heavy atom. The number of carbonyl (C=O) groups is 3. The van der Waals surface area contributed by atoms with Gasteiger partial charge in [-0.1, -0.05) is 39.8 Å². The number of amides is 3. The number of phenolic OH excluding ortho intramolecular Hbond substituents is 3. The van der Waals surface area contributed by atoms with E-state index in [0.29, 0.717) is 59.7 Å². The van der Waals surface area contributed by atoms with Crippen molar-refractivity contribution in [2.45, 2.75) is 78.2 Å². The van der Waals surface area contributed by atoms with Gasteiger partial charge in [0.1, 0.15) is 29.7 Å². The highest BCUT2D eigenvalue weighted by molar-refractivity contribution is 6.22. The number of aromatic hydroxyl groups is 3. The maximum Gasteiger partial charge on any atom is 0.410 e. The van der Waals surface area contributed by atoms with Crippen LogP contribution in [0.25, 0.3) is 22.3 Å². The number of aryl methyl sites for hydroxylation is 1. The second kappa shape index (κ2) is 18.1. The third kappa shape index (κ3) is 8.28. The Morgan fingerprint density at radius 2 is 1.67 bits per heavy atom. The number of nitrogens with one attached hydrogen (secondary N) is 1. The first-order valence-electron chi connectivity index (χ1n) is 22.4. The molecule has 0 saturated carbocycles. The number of carbonyl (C=O) groups excluding carboxylic acids is 3. The van der Waals surface area contributed by atoms with E-state index in [0.717, 1.165) is 59.7 Å². The summed E-state index contributed by atoms with van der Waals surface area (Å²) in [6, 6.07) is 15.7. The van der Waals surface area contributed by atoms with Crippen LogP contribution in [0.5, 0.6) is 17.2 Å². The van der Waals surface area contributed by atoms with E-state index in [-0.39, 0.29) is 65.3 Å². The molecule has 1 atom stereocenters. The van der Waals surface area contributed by atoms with Gasteiger partial charge in [-0.15, -0.1) is 0 Å². The number of piperazine rings is 1. The number of cyclic esters (lactones) is 1. The van der Waals surface area contributed by atoms with Crippen LogP contribution in [0.4, 0.5) is 15.3 Å². The van der Waals surface area contributed by atoms with Crippen LogP contribution in [0, 0.1) is 5.41 Å². The van der Waals surface area contributed by atoms with E-state index in [1.807, 2.05) is 32.9 Å². The van der Waals surface area contributed by atoms with E-state index in [1.54, 1.807) is 54.9 Å². The number of hydrogen-bond acceptors (Lipinski definition) is 13. The van der Waals surface area contributed by atoms with Crippen molar-refractivity contribution < 1.29 is 39.2 Å². The monoisotopic (exact) mass is 900 g/mol. The summed E-state index contributed by atoms with van der Waals surface area (Å²) in [6.07, 6.45) is 0.653. The fraction of sp³-hybridized carbons (Fsp3) is 0.388. The second-order valence-corrected chi connectivity index (χ2v) is 17.6. The van der Waals surface area contributed by atoms with Gasteiger partial charge in [0.2, 0.25) is 5.60 Å². The molecule has 1 saturated heterocycles. The number of primary amides is 1. The van der Waals surface area contributed by atoms with Crippen molar-refractivity contribution in [1.29, 1.82) is 5.41 Å². The van der Waals surface area contributed by atoms with Crippen molar-refractivity contribution in [2.75, 3.05) is 51.2 Å². The van der Waals surface area contributed by atoms with Crippen molar-refractivity contribution in [1.82, 2.24) is 24.3 Å². The van der Waals surface area contributed by atoms with E-state index < -0.39 is 23.7 Å². The number of urea groups is 1. The zero-order chi connectivity index (χ0) is 47.2. The lowest BCUT2D eigenvalue weighted by Crippen LogP contribution is -2.49. The molecule has 1 fully saturated rings. The molecule has 2 aromatic heterocycles. The molecule has 0 radical (unpaired) electrons. The van der Waals surface area contributed by atoms with Gasteiger partial charge in [-0.05, 0) is 90.9 Å². The number of nitrogens with zero attached hydrogens (tertiary/aromatic N) is 6. The number of amidine groups is 1. The molecule has 0 unspecified atom stereocenters. The summed E-state index contributed by atoms with van der Waals surface area (Å²) >= 11 is 0. The number of ether oxygens (including phenoxy) is 2. The van der Waals surface area contributed by atoms with Crippen LogP contribution in [0.2, 0.25) is 0 Å². The quantitative estimate of drug-likeness (QED) is 0.0535. The van der Waals surface area contributed by atoms with Crippen molar-refractivity contribution in [3.8, 4) is 28.6 Å². The average Bonchev–Trinajstić information content (AvgIpc) is 3.65. The number of benzene rings is 3. The Kier molecular flexibility index (Phi) is 12.5. The third-order valence-electron chi connectivity index (χ3n) is 13.2. The van der Waals surface area contributed by atoms with Gasteiger partial charge in [0.25, 0.3) is 5.56 Å². The Labute approximate surface area is 382 Å². The molecule has 5 heterocycles. The van der Waals surface area contributed by atoms with E-state index in [2.05, 4.69) is 9.80 Å². The molecular formula is C49H56N8O9. The first kappa shape index (κ1) is 45.6. The molecule has 5 aromatic rings. The predicted octanol–water partition coefficient (Wildman–Crippen LogP) is 6.08. The molecule has 3 amide bonds. The highest BCUT2D eigenvalue weighted by Gasteiger charge is 2.51. The molecular weight excluding hydrogens is 845 g/mol. The minimum absolute atomic E-state index is 0.0510. The van der Waals surface area contributed by atoms with Gasteiger partial charge in [0, 0.05) is 68.9 Å². The van der Waals surface area contributed by atoms with Crippen LogP contribution in [0.15, 0.2) is 65.5 Å². The number of aromatic nitrogens is 2. The standard InChI is InChI=1S/C49H56N8O9/c1-6-32-34-21-31(58)13-14-39(34)52-43-36(32)26-56-40(43)23-38-37(45(56)61)27-65-46(62)49(38,7-2)66-48(64)53(5)15-8-16-54-17-19-55(20-18-54)25-29-9-11-30(12-10-29)57(47(51)63)44(50)35-22-33(28(3)4)41(59)24-42(35)60/h9-14,21-24,28,50,58-60H,6-8,15-20,25-27H2,1-5H3,(H2,51,63)/t49-/m0/s1. The zero-order valence-corrected chi connectivity index (χ0v) is 37.9. The van der Waals surface area contributed by atoms with Crippen LogP contribution < -0.4 is 16.2 Å². The predicted molar refractivity (Wildman–Crippen MR) is 248 cm³/mol. The molecule has 0 spiro atoms. The van der Waals surface area contributed by atoms with Gasteiger partial charge in [-0.3, -0.25) is 15.1 Å². The Hall–Kier alpha value is -6.98. The fourth-order valence-electron chi connectivity index (χ4n) is 9.47. The van der Waals surface area contributed by atoms with Gasteiger partial charge >= 0.3 is 18.1 Å². The maximum absolute atomic E-state index is 14.1. The number of fused-ring (bicyclic) bond motifs is 5. The number of esters is 1. The van der Waals surface area contributed by atoms with E-state index in [1.165, 1.54) is 17.0 Å². The highest BCUT2D eigenvalue weighted by Crippen LogP contribution is 2.43. The Bertz CT molecular complexity index is 2820. The molecule has 3 aliphatic rings. The molecule has 3 aromatic carbocycles. The number of hydrogen-bond donors (Lipinski definition) is 5.